The van der Waals surface area contributed by atoms with Gasteiger partial charge in [0.25, 0.3) is 11.5 Å². The number of benzene rings is 1. The highest BCUT2D eigenvalue weighted by Crippen LogP contribution is 2.27. The molecule has 0 aliphatic heterocycles. The number of carbonyl (C=O) groups excluding carboxylic acids is 1. The number of amides is 1. The first kappa shape index (κ1) is 17.1. The molecular weight excluding hydrogens is 369 g/mol. The van der Waals surface area contributed by atoms with Gasteiger partial charge in [-0.3, -0.25) is 14.3 Å². The maximum Gasteiger partial charge on any atom is 0.266 e. The second kappa shape index (κ2) is 6.76. The first-order chi connectivity index (χ1) is 13.0. The molecule has 4 aromatic rings. The topological polar surface area (TPSA) is 92.7 Å². The Balaban J connectivity index is 1.55. The van der Waals surface area contributed by atoms with Gasteiger partial charge < -0.3 is 10.3 Å². The van der Waals surface area contributed by atoms with Crippen molar-refractivity contribution in [3.05, 3.63) is 75.2 Å². The Morgan fingerprint density at radius 1 is 1.37 bits per heavy atom. The van der Waals surface area contributed by atoms with E-state index >= 15 is 0 Å². The number of carbonyl (C=O) groups is 1. The van der Waals surface area contributed by atoms with Crippen molar-refractivity contribution in [1.29, 1.82) is 0 Å². The highest BCUT2D eigenvalue weighted by Gasteiger charge is 2.19. The Labute approximate surface area is 156 Å². The van der Waals surface area contributed by atoms with E-state index in [-0.39, 0.29) is 23.8 Å². The number of nitrogens with zero attached hydrogens (tertiary/aromatic N) is 3. The van der Waals surface area contributed by atoms with Crippen LogP contribution in [0.3, 0.4) is 0 Å². The Morgan fingerprint density at radius 2 is 2.19 bits per heavy atom. The number of hydrogen-bond donors (Lipinski definition) is 2. The summed E-state index contributed by atoms with van der Waals surface area (Å²) in [6.45, 7) is 1.97. The number of nitrogens with one attached hydrogen (secondary N) is 2. The molecule has 0 fully saturated rings. The third-order valence-corrected chi connectivity index (χ3v) is 5.32. The smallest absolute Gasteiger partial charge is 0.266 e. The summed E-state index contributed by atoms with van der Waals surface area (Å²) < 4.78 is 15.3. The molecule has 9 heteroatoms. The molecule has 0 aliphatic carbocycles. The number of rotatable bonds is 4. The number of hydrogen-bond acceptors (Lipinski definition) is 5. The first-order valence-corrected chi connectivity index (χ1v) is 8.88. The van der Waals surface area contributed by atoms with Crippen LogP contribution in [0.25, 0.3) is 10.2 Å². The van der Waals surface area contributed by atoms with E-state index in [1.807, 2.05) is 0 Å². The van der Waals surface area contributed by atoms with Gasteiger partial charge in [-0.05, 0) is 18.6 Å². The molecule has 0 spiro atoms. The summed E-state index contributed by atoms with van der Waals surface area (Å²) in [4.78, 5) is 32.1. The highest BCUT2D eigenvalue weighted by molar-refractivity contribution is 7.20. The van der Waals surface area contributed by atoms with Crippen molar-refractivity contribution in [2.24, 2.45) is 0 Å². The molecule has 0 atom stereocenters. The van der Waals surface area contributed by atoms with Crippen LogP contribution in [0.4, 0.5) is 10.1 Å². The Bertz CT molecular complexity index is 1210. The minimum atomic E-state index is -0.347. The number of halogens is 1. The maximum absolute atomic E-state index is 13.7. The number of anilines is 1. The lowest BCUT2D eigenvalue weighted by Crippen LogP contribution is -2.12. The van der Waals surface area contributed by atoms with Crippen molar-refractivity contribution in [2.45, 2.75) is 13.5 Å². The predicted molar refractivity (Wildman–Crippen MR) is 101 cm³/mol. The number of fused-ring (bicyclic) bond motifs is 1. The molecule has 7 nitrogen and oxygen atoms in total. The average Bonchev–Trinajstić information content (AvgIpc) is 3.22. The van der Waals surface area contributed by atoms with Crippen LogP contribution in [0.1, 0.15) is 20.8 Å². The summed E-state index contributed by atoms with van der Waals surface area (Å²) in [5.74, 6) is -0.655. The summed E-state index contributed by atoms with van der Waals surface area (Å²) in [6, 6.07) is 6.45. The van der Waals surface area contributed by atoms with Crippen LogP contribution in [0.15, 0.2) is 47.8 Å². The summed E-state index contributed by atoms with van der Waals surface area (Å²) >= 11 is 1.16. The van der Waals surface area contributed by atoms with Crippen LogP contribution >= 0.6 is 11.3 Å². The molecule has 0 bridgehead atoms. The van der Waals surface area contributed by atoms with Crippen molar-refractivity contribution in [3.8, 4) is 0 Å². The number of aromatic nitrogens is 4. The lowest BCUT2D eigenvalue weighted by Gasteiger charge is -2.03. The van der Waals surface area contributed by atoms with E-state index in [9.17, 15) is 14.0 Å². The van der Waals surface area contributed by atoms with Crippen LogP contribution in [-0.4, -0.2) is 25.7 Å². The molecule has 0 saturated heterocycles. The van der Waals surface area contributed by atoms with Gasteiger partial charge in [0.2, 0.25) is 0 Å². The van der Waals surface area contributed by atoms with Gasteiger partial charge >= 0.3 is 0 Å². The van der Waals surface area contributed by atoms with E-state index in [2.05, 4.69) is 20.4 Å². The summed E-state index contributed by atoms with van der Waals surface area (Å²) in [5, 5.41) is 7.32. The van der Waals surface area contributed by atoms with Crippen LogP contribution in [0.5, 0.6) is 0 Å². The second-order valence-electron chi connectivity index (χ2n) is 5.94. The SMILES string of the molecule is Cc1c(C(=O)Nc2cnn(Cc3ccccc3F)c2)sc2nc[nH]c(=O)c12. The standard InChI is InChI=1S/C18H14FN5O2S/c1-10-14-16(25)20-9-21-18(14)27-15(10)17(26)23-12-6-22-24(8-12)7-11-4-2-3-5-13(11)19/h2-6,8-9H,7H2,1H3,(H,23,26)(H,20,21,25). The highest BCUT2D eigenvalue weighted by atomic mass is 32.1. The minimum Gasteiger partial charge on any atom is -0.319 e. The zero-order valence-corrected chi connectivity index (χ0v) is 15.0. The normalized spacial score (nSPS) is 11.0. The number of thiophene rings is 1. The van der Waals surface area contributed by atoms with Gasteiger partial charge in [0, 0.05) is 11.8 Å². The fraction of sp³-hybridized carbons (Fsp3) is 0.111. The molecule has 0 unspecified atom stereocenters. The largest absolute Gasteiger partial charge is 0.319 e. The molecular formula is C18H14FN5O2S. The molecule has 3 aromatic heterocycles. The Morgan fingerprint density at radius 3 is 2.96 bits per heavy atom. The predicted octanol–water partition coefficient (Wildman–Crippen LogP) is 2.93. The molecule has 27 heavy (non-hydrogen) atoms. The van der Waals surface area contributed by atoms with E-state index in [1.54, 1.807) is 31.3 Å². The van der Waals surface area contributed by atoms with Crippen LogP contribution in [0, 0.1) is 12.7 Å². The summed E-state index contributed by atoms with van der Waals surface area (Å²) in [5.41, 5.74) is 1.30. The van der Waals surface area contributed by atoms with E-state index in [0.29, 0.717) is 31.9 Å². The van der Waals surface area contributed by atoms with Crippen molar-refractivity contribution >= 4 is 33.1 Å². The molecule has 1 amide bonds. The van der Waals surface area contributed by atoms with Crippen LogP contribution < -0.4 is 10.9 Å². The zero-order valence-electron chi connectivity index (χ0n) is 14.2. The van der Waals surface area contributed by atoms with E-state index in [1.165, 1.54) is 23.3 Å². The molecule has 4 rings (SSSR count). The fourth-order valence-corrected chi connectivity index (χ4v) is 3.84. The third kappa shape index (κ3) is 3.24. The van der Waals surface area contributed by atoms with Gasteiger partial charge in [-0.1, -0.05) is 18.2 Å². The van der Waals surface area contributed by atoms with E-state index in [4.69, 9.17) is 0 Å². The van der Waals surface area contributed by atoms with Gasteiger partial charge in [-0.25, -0.2) is 9.37 Å². The molecule has 0 aliphatic rings. The van der Waals surface area contributed by atoms with Gasteiger partial charge in [0.1, 0.15) is 10.6 Å². The van der Waals surface area contributed by atoms with E-state index in [0.717, 1.165) is 11.3 Å². The minimum absolute atomic E-state index is 0.254. The van der Waals surface area contributed by atoms with Gasteiger partial charge in [0.15, 0.2) is 0 Å². The fourth-order valence-electron chi connectivity index (χ4n) is 2.80. The van der Waals surface area contributed by atoms with Crippen molar-refractivity contribution in [3.63, 3.8) is 0 Å². The third-order valence-electron chi connectivity index (χ3n) is 4.12. The molecule has 3 heterocycles. The Kier molecular flexibility index (Phi) is 4.28. The number of H-pyrrole nitrogens is 1. The summed E-state index contributed by atoms with van der Waals surface area (Å²) in [7, 11) is 0. The van der Waals surface area contributed by atoms with Gasteiger partial charge in [0.05, 0.1) is 35.0 Å². The second-order valence-corrected chi connectivity index (χ2v) is 6.94. The first-order valence-electron chi connectivity index (χ1n) is 8.07. The number of aromatic amines is 1. The molecule has 0 saturated carbocycles. The molecule has 1 aromatic carbocycles. The van der Waals surface area contributed by atoms with Crippen molar-refractivity contribution < 1.29 is 9.18 Å². The van der Waals surface area contributed by atoms with Gasteiger partial charge in [-0.2, -0.15) is 5.10 Å². The monoisotopic (exact) mass is 383 g/mol. The average molecular weight is 383 g/mol. The lowest BCUT2D eigenvalue weighted by atomic mass is 10.2. The summed E-state index contributed by atoms with van der Waals surface area (Å²) in [6.07, 6.45) is 4.43. The number of aryl methyl sites for hydroxylation is 1. The van der Waals surface area contributed by atoms with E-state index < -0.39 is 0 Å². The van der Waals surface area contributed by atoms with Gasteiger partial charge in [-0.15, -0.1) is 11.3 Å². The Hall–Kier alpha value is -3.33. The van der Waals surface area contributed by atoms with Crippen molar-refractivity contribution in [1.82, 2.24) is 19.7 Å². The zero-order chi connectivity index (χ0) is 19.0. The lowest BCUT2D eigenvalue weighted by molar-refractivity contribution is 0.103. The van der Waals surface area contributed by atoms with Crippen molar-refractivity contribution in [2.75, 3.05) is 5.32 Å². The quantitative estimate of drug-likeness (QED) is 0.567. The molecule has 2 N–H and O–H groups in total. The molecule has 136 valence electrons. The molecule has 0 radical (unpaired) electrons. The van der Waals surface area contributed by atoms with Crippen LogP contribution in [-0.2, 0) is 6.54 Å². The van der Waals surface area contributed by atoms with Crippen LogP contribution in [0.2, 0.25) is 0 Å². The maximum atomic E-state index is 13.7.